The minimum atomic E-state index is -0.426. The Morgan fingerprint density at radius 1 is 1.33 bits per heavy atom. The standard InChI is InChI=1S/C14H13BrN2O3S/c1-20-12-5-9(4-11(7-12)17(18)19)8-21-14-3-2-10(15)6-13(14)16/h2-7H,8,16H2,1H3. The largest absolute Gasteiger partial charge is 0.496 e. The summed E-state index contributed by atoms with van der Waals surface area (Å²) < 4.78 is 6.01. The van der Waals surface area contributed by atoms with Crippen molar-refractivity contribution in [2.45, 2.75) is 10.6 Å². The minimum absolute atomic E-state index is 0.0220. The van der Waals surface area contributed by atoms with Gasteiger partial charge in [-0.05, 0) is 29.8 Å². The average molecular weight is 369 g/mol. The van der Waals surface area contributed by atoms with Crippen LogP contribution < -0.4 is 10.5 Å². The molecule has 0 heterocycles. The highest BCUT2D eigenvalue weighted by Gasteiger charge is 2.11. The smallest absolute Gasteiger partial charge is 0.273 e. The van der Waals surface area contributed by atoms with Crippen LogP contribution in [0.3, 0.4) is 0 Å². The van der Waals surface area contributed by atoms with Gasteiger partial charge < -0.3 is 10.5 Å². The van der Waals surface area contributed by atoms with Crippen molar-refractivity contribution in [3.63, 3.8) is 0 Å². The molecule has 0 bridgehead atoms. The summed E-state index contributed by atoms with van der Waals surface area (Å²) in [6.07, 6.45) is 0. The molecule has 0 saturated carbocycles. The average Bonchev–Trinajstić information content (AvgIpc) is 2.46. The SMILES string of the molecule is COc1cc(CSc2ccc(Br)cc2N)cc([N+](=O)[O-])c1. The zero-order chi connectivity index (χ0) is 15.4. The second-order valence-corrected chi connectivity index (χ2v) is 6.20. The number of non-ortho nitro benzene ring substituents is 1. The van der Waals surface area contributed by atoms with E-state index in [0.29, 0.717) is 17.2 Å². The molecule has 0 aromatic heterocycles. The Labute approximate surface area is 134 Å². The van der Waals surface area contributed by atoms with Gasteiger partial charge in [-0.25, -0.2) is 0 Å². The van der Waals surface area contributed by atoms with Crippen molar-refractivity contribution in [1.82, 2.24) is 0 Å². The van der Waals surface area contributed by atoms with E-state index in [2.05, 4.69) is 15.9 Å². The van der Waals surface area contributed by atoms with Gasteiger partial charge in [0.25, 0.3) is 5.69 Å². The summed E-state index contributed by atoms with van der Waals surface area (Å²) in [7, 11) is 1.49. The molecule has 0 spiro atoms. The number of nitro benzene ring substituents is 1. The molecule has 2 N–H and O–H groups in total. The first-order valence-electron chi connectivity index (χ1n) is 6.00. The lowest BCUT2D eigenvalue weighted by Gasteiger charge is -2.07. The second kappa shape index (κ2) is 6.82. The molecule has 5 nitrogen and oxygen atoms in total. The Morgan fingerprint density at radius 3 is 2.71 bits per heavy atom. The van der Waals surface area contributed by atoms with Crippen LogP contribution in [0.2, 0.25) is 0 Å². The summed E-state index contributed by atoms with van der Waals surface area (Å²) in [6, 6.07) is 10.4. The predicted octanol–water partition coefficient (Wildman–Crippen LogP) is 4.24. The fourth-order valence-corrected chi connectivity index (χ4v) is 3.02. The molecule has 0 atom stereocenters. The molecule has 0 fully saturated rings. The number of halogens is 1. The maximum absolute atomic E-state index is 10.9. The summed E-state index contributed by atoms with van der Waals surface area (Å²) in [5.41, 5.74) is 7.44. The van der Waals surface area contributed by atoms with Gasteiger partial charge in [-0.3, -0.25) is 10.1 Å². The van der Waals surface area contributed by atoms with E-state index >= 15 is 0 Å². The summed E-state index contributed by atoms with van der Waals surface area (Å²) in [5, 5.41) is 10.9. The van der Waals surface area contributed by atoms with Gasteiger partial charge in [0.15, 0.2) is 0 Å². The summed E-state index contributed by atoms with van der Waals surface area (Å²) in [4.78, 5) is 11.4. The van der Waals surface area contributed by atoms with Crippen molar-refractivity contribution < 1.29 is 9.66 Å². The van der Waals surface area contributed by atoms with Crippen molar-refractivity contribution in [2.75, 3.05) is 12.8 Å². The molecule has 2 aromatic carbocycles. The Kier molecular flexibility index (Phi) is 5.08. The maximum Gasteiger partial charge on any atom is 0.273 e. The van der Waals surface area contributed by atoms with E-state index in [1.54, 1.807) is 12.1 Å². The fraction of sp³-hybridized carbons (Fsp3) is 0.143. The molecule has 0 radical (unpaired) electrons. The predicted molar refractivity (Wildman–Crippen MR) is 87.8 cm³/mol. The van der Waals surface area contributed by atoms with E-state index in [-0.39, 0.29) is 5.69 Å². The first kappa shape index (κ1) is 15.7. The van der Waals surface area contributed by atoms with Crippen molar-refractivity contribution >= 4 is 39.1 Å². The number of nitrogen functional groups attached to an aromatic ring is 1. The van der Waals surface area contributed by atoms with Gasteiger partial charge in [-0.15, -0.1) is 11.8 Å². The molecular weight excluding hydrogens is 356 g/mol. The van der Waals surface area contributed by atoms with Crippen LogP contribution in [-0.4, -0.2) is 12.0 Å². The van der Waals surface area contributed by atoms with Gasteiger partial charge in [-0.1, -0.05) is 15.9 Å². The van der Waals surface area contributed by atoms with Gasteiger partial charge in [0.05, 0.1) is 18.1 Å². The van der Waals surface area contributed by atoms with Crippen LogP contribution in [0.1, 0.15) is 5.56 Å². The van der Waals surface area contributed by atoms with Crippen LogP contribution in [0.4, 0.5) is 11.4 Å². The zero-order valence-corrected chi connectivity index (χ0v) is 13.6. The van der Waals surface area contributed by atoms with Crippen LogP contribution in [-0.2, 0) is 5.75 Å². The molecule has 0 aliphatic rings. The van der Waals surface area contributed by atoms with Crippen molar-refractivity contribution in [2.24, 2.45) is 0 Å². The van der Waals surface area contributed by atoms with Crippen LogP contribution in [0.5, 0.6) is 5.75 Å². The highest BCUT2D eigenvalue weighted by atomic mass is 79.9. The Morgan fingerprint density at radius 2 is 2.10 bits per heavy atom. The van der Waals surface area contributed by atoms with Crippen molar-refractivity contribution in [3.05, 3.63) is 56.5 Å². The van der Waals surface area contributed by atoms with Gasteiger partial charge >= 0.3 is 0 Å². The number of rotatable bonds is 5. The van der Waals surface area contributed by atoms with E-state index in [4.69, 9.17) is 10.5 Å². The van der Waals surface area contributed by atoms with Crippen LogP contribution in [0.25, 0.3) is 0 Å². The van der Waals surface area contributed by atoms with E-state index in [1.807, 2.05) is 18.2 Å². The number of nitrogens with zero attached hydrogens (tertiary/aromatic N) is 1. The molecule has 0 aliphatic carbocycles. The van der Waals surface area contributed by atoms with Crippen LogP contribution >= 0.6 is 27.7 Å². The monoisotopic (exact) mass is 368 g/mol. The van der Waals surface area contributed by atoms with E-state index in [1.165, 1.54) is 24.9 Å². The quantitative estimate of drug-likeness (QED) is 0.369. The summed E-state index contributed by atoms with van der Waals surface area (Å²) in [6.45, 7) is 0. The van der Waals surface area contributed by atoms with Crippen LogP contribution in [0.15, 0.2) is 45.8 Å². The number of thioether (sulfide) groups is 1. The lowest BCUT2D eigenvalue weighted by molar-refractivity contribution is -0.385. The molecule has 0 unspecified atom stereocenters. The highest BCUT2D eigenvalue weighted by molar-refractivity contribution is 9.10. The normalized spacial score (nSPS) is 10.4. The highest BCUT2D eigenvalue weighted by Crippen LogP contribution is 2.32. The fourth-order valence-electron chi connectivity index (χ4n) is 1.76. The molecular formula is C14H13BrN2O3S. The number of hydrogen-bond acceptors (Lipinski definition) is 5. The molecule has 110 valence electrons. The molecule has 7 heteroatoms. The number of benzene rings is 2. The molecule has 2 aromatic rings. The Hall–Kier alpha value is -1.73. The van der Waals surface area contributed by atoms with Gasteiger partial charge in [-0.2, -0.15) is 0 Å². The summed E-state index contributed by atoms with van der Waals surface area (Å²) >= 11 is 4.88. The second-order valence-electron chi connectivity index (χ2n) is 4.27. The Balaban J connectivity index is 2.19. The number of anilines is 1. The lowest BCUT2D eigenvalue weighted by atomic mass is 10.2. The molecule has 0 amide bonds. The van der Waals surface area contributed by atoms with Gasteiger partial charge in [0, 0.05) is 26.9 Å². The zero-order valence-electron chi connectivity index (χ0n) is 11.2. The summed E-state index contributed by atoms with van der Waals surface area (Å²) in [5.74, 6) is 1.05. The molecule has 0 aliphatic heterocycles. The number of hydrogen-bond donors (Lipinski definition) is 1. The minimum Gasteiger partial charge on any atom is -0.496 e. The van der Waals surface area contributed by atoms with Crippen LogP contribution in [0, 0.1) is 10.1 Å². The lowest BCUT2D eigenvalue weighted by Crippen LogP contribution is -1.93. The molecule has 2 rings (SSSR count). The van der Waals surface area contributed by atoms with E-state index in [9.17, 15) is 10.1 Å². The van der Waals surface area contributed by atoms with Crippen molar-refractivity contribution in [3.8, 4) is 5.75 Å². The van der Waals surface area contributed by atoms with E-state index < -0.39 is 4.92 Å². The first-order chi connectivity index (χ1) is 9.99. The van der Waals surface area contributed by atoms with Crippen molar-refractivity contribution in [1.29, 1.82) is 0 Å². The maximum atomic E-state index is 10.9. The third-order valence-corrected chi connectivity index (χ3v) is 4.42. The first-order valence-corrected chi connectivity index (χ1v) is 7.77. The van der Waals surface area contributed by atoms with E-state index in [0.717, 1.165) is 14.9 Å². The third kappa shape index (κ3) is 4.12. The topological polar surface area (TPSA) is 78.4 Å². The van der Waals surface area contributed by atoms with Gasteiger partial charge in [0.2, 0.25) is 0 Å². The number of ether oxygens (including phenoxy) is 1. The third-order valence-electron chi connectivity index (χ3n) is 2.76. The van der Waals surface area contributed by atoms with Gasteiger partial charge in [0.1, 0.15) is 5.75 Å². The molecule has 21 heavy (non-hydrogen) atoms. The molecule has 0 saturated heterocycles. The number of methoxy groups -OCH3 is 1. The number of nitro groups is 1. The Bertz CT molecular complexity index is 679. The number of nitrogens with two attached hydrogens (primary N) is 1.